The lowest BCUT2D eigenvalue weighted by Crippen LogP contribution is -2.27. The van der Waals surface area contributed by atoms with Crippen LogP contribution in [0.2, 0.25) is 0 Å². The van der Waals surface area contributed by atoms with Gasteiger partial charge >= 0.3 is 12.1 Å². The normalized spacial score (nSPS) is 13.4. The van der Waals surface area contributed by atoms with E-state index in [1.807, 2.05) is 25.4 Å². The summed E-state index contributed by atoms with van der Waals surface area (Å²) in [4.78, 5) is 37.1. The van der Waals surface area contributed by atoms with Crippen molar-refractivity contribution in [1.82, 2.24) is 20.3 Å². The predicted octanol–water partition coefficient (Wildman–Crippen LogP) is 2.85. The van der Waals surface area contributed by atoms with Crippen molar-refractivity contribution in [3.63, 3.8) is 0 Å². The minimum absolute atomic E-state index is 0.112. The smallest absolute Gasteiger partial charge is 0.475 e. The van der Waals surface area contributed by atoms with Gasteiger partial charge in [0.05, 0.1) is 5.56 Å². The molecule has 12 heteroatoms. The van der Waals surface area contributed by atoms with E-state index < -0.39 is 12.1 Å². The highest BCUT2D eigenvalue weighted by atomic mass is 19.4. The number of pyridine rings is 1. The summed E-state index contributed by atoms with van der Waals surface area (Å²) in [6.45, 7) is 8.65. The van der Waals surface area contributed by atoms with Gasteiger partial charge in [-0.15, -0.1) is 0 Å². The van der Waals surface area contributed by atoms with E-state index in [9.17, 15) is 18.0 Å². The van der Waals surface area contributed by atoms with Gasteiger partial charge in [0, 0.05) is 51.2 Å². The third-order valence-electron chi connectivity index (χ3n) is 4.90. The standard InChI is InChI=1S/C20H28N6O.C2HF3O2/c1-13(2)10-22-18-16(19(27)21-4)9-15-5-7-26(8-6-17(15)25-18)20-23-11-14(3)12-24-20;3-2(4,5)1(6)7/h9,11-13H,5-8,10H2,1-4H3,(H,21,27)(H,22,25);(H,6,7). The average Bonchev–Trinajstić information content (AvgIpc) is 2.99. The van der Waals surface area contributed by atoms with Crippen molar-refractivity contribution < 1.29 is 27.9 Å². The topological polar surface area (TPSA) is 120 Å². The summed E-state index contributed by atoms with van der Waals surface area (Å²) in [7, 11) is 1.65. The van der Waals surface area contributed by atoms with Gasteiger partial charge in [-0.05, 0) is 36.5 Å². The molecule has 0 aliphatic carbocycles. The number of carboxylic acids is 1. The molecule has 34 heavy (non-hydrogen) atoms. The van der Waals surface area contributed by atoms with Crippen molar-refractivity contribution in [3.05, 3.63) is 40.8 Å². The number of aliphatic carboxylic acids is 1. The molecule has 3 N–H and O–H groups in total. The molecular weight excluding hydrogens is 453 g/mol. The van der Waals surface area contributed by atoms with E-state index >= 15 is 0 Å². The van der Waals surface area contributed by atoms with Gasteiger partial charge < -0.3 is 20.6 Å². The molecule has 1 amide bonds. The fourth-order valence-electron chi connectivity index (χ4n) is 3.13. The number of rotatable bonds is 5. The number of aryl methyl sites for hydroxylation is 1. The first kappa shape index (κ1) is 26.8. The zero-order chi connectivity index (χ0) is 25.5. The quantitative estimate of drug-likeness (QED) is 0.595. The Labute approximate surface area is 195 Å². The lowest BCUT2D eigenvalue weighted by atomic mass is 10.0. The molecule has 3 rings (SSSR count). The van der Waals surface area contributed by atoms with Gasteiger partial charge in [0.1, 0.15) is 5.82 Å². The summed E-state index contributed by atoms with van der Waals surface area (Å²) in [5.74, 6) is -0.982. The van der Waals surface area contributed by atoms with E-state index in [1.165, 1.54) is 0 Å². The third-order valence-corrected chi connectivity index (χ3v) is 4.90. The van der Waals surface area contributed by atoms with E-state index in [-0.39, 0.29) is 5.91 Å². The van der Waals surface area contributed by atoms with Crippen LogP contribution in [0, 0.1) is 12.8 Å². The maximum atomic E-state index is 12.3. The van der Waals surface area contributed by atoms with Crippen LogP contribution in [0.3, 0.4) is 0 Å². The Kier molecular flexibility index (Phi) is 9.16. The number of amides is 1. The highest BCUT2D eigenvalue weighted by molar-refractivity contribution is 5.98. The molecule has 9 nitrogen and oxygen atoms in total. The van der Waals surface area contributed by atoms with Gasteiger partial charge in [-0.25, -0.2) is 19.7 Å². The van der Waals surface area contributed by atoms with Crippen molar-refractivity contribution in [2.75, 3.05) is 36.9 Å². The molecule has 0 saturated carbocycles. The van der Waals surface area contributed by atoms with Crippen molar-refractivity contribution in [2.24, 2.45) is 5.92 Å². The van der Waals surface area contributed by atoms with E-state index in [0.717, 1.165) is 55.2 Å². The highest BCUT2D eigenvalue weighted by Crippen LogP contribution is 2.23. The van der Waals surface area contributed by atoms with Crippen LogP contribution in [-0.4, -0.2) is 64.8 Å². The molecule has 0 atom stereocenters. The molecule has 0 aromatic carbocycles. The van der Waals surface area contributed by atoms with Crippen molar-refractivity contribution in [3.8, 4) is 0 Å². The molecule has 0 fully saturated rings. The second-order valence-corrected chi connectivity index (χ2v) is 8.19. The number of alkyl halides is 3. The number of carbonyl (C=O) groups excluding carboxylic acids is 1. The Balaban J connectivity index is 0.000000509. The minimum atomic E-state index is -5.08. The first-order valence-electron chi connectivity index (χ1n) is 10.7. The minimum Gasteiger partial charge on any atom is -0.475 e. The molecule has 0 bridgehead atoms. The Morgan fingerprint density at radius 2 is 1.76 bits per heavy atom. The monoisotopic (exact) mass is 482 g/mol. The zero-order valence-electron chi connectivity index (χ0n) is 19.5. The fraction of sp³-hybridized carbons (Fsp3) is 0.500. The number of aromatic nitrogens is 3. The number of carbonyl (C=O) groups is 2. The summed E-state index contributed by atoms with van der Waals surface area (Å²) >= 11 is 0. The SMILES string of the molecule is CNC(=O)c1cc2c(nc1NCC(C)C)CCN(c1ncc(C)cn1)CC2.O=C(O)C(F)(F)F. The summed E-state index contributed by atoms with van der Waals surface area (Å²) in [5.41, 5.74) is 3.83. The largest absolute Gasteiger partial charge is 0.490 e. The number of anilines is 2. The molecule has 2 aromatic heterocycles. The van der Waals surface area contributed by atoms with Crippen molar-refractivity contribution in [1.29, 1.82) is 0 Å². The van der Waals surface area contributed by atoms with Crippen LogP contribution < -0.4 is 15.5 Å². The number of nitrogens with zero attached hydrogens (tertiary/aromatic N) is 4. The Morgan fingerprint density at radius 3 is 2.29 bits per heavy atom. The number of nitrogens with one attached hydrogen (secondary N) is 2. The lowest BCUT2D eigenvalue weighted by Gasteiger charge is -2.19. The molecule has 3 heterocycles. The Bertz CT molecular complexity index is 997. The number of hydrogen-bond donors (Lipinski definition) is 3. The van der Waals surface area contributed by atoms with E-state index in [0.29, 0.717) is 17.3 Å². The van der Waals surface area contributed by atoms with Crippen molar-refractivity contribution in [2.45, 2.75) is 39.8 Å². The summed E-state index contributed by atoms with van der Waals surface area (Å²) in [5, 5.41) is 13.2. The summed E-state index contributed by atoms with van der Waals surface area (Å²) < 4.78 is 31.7. The zero-order valence-corrected chi connectivity index (χ0v) is 19.5. The first-order valence-corrected chi connectivity index (χ1v) is 10.7. The maximum absolute atomic E-state index is 12.3. The average molecular weight is 483 g/mol. The van der Waals surface area contributed by atoms with E-state index in [2.05, 4.69) is 39.3 Å². The molecule has 0 radical (unpaired) electrons. The highest BCUT2D eigenvalue weighted by Gasteiger charge is 2.38. The van der Waals surface area contributed by atoms with Crippen LogP contribution in [0.1, 0.15) is 41.0 Å². The molecule has 1 aliphatic heterocycles. The second-order valence-electron chi connectivity index (χ2n) is 8.19. The number of fused-ring (bicyclic) bond motifs is 1. The van der Waals surface area contributed by atoms with Crippen LogP contribution in [0.25, 0.3) is 0 Å². The molecule has 0 saturated heterocycles. The van der Waals surface area contributed by atoms with Crippen LogP contribution in [0.5, 0.6) is 0 Å². The summed E-state index contributed by atoms with van der Waals surface area (Å²) in [6, 6.07) is 1.99. The van der Waals surface area contributed by atoms with Crippen LogP contribution in [0.15, 0.2) is 18.5 Å². The number of hydrogen-bond acceptors (Lipinski definition) is 7. The van der Waals surface area contributed by atoms with Crippen LogP contribution in [0.4, 0.5) is 24.9 Å². The second kappa shape index (κ2) is 11.6. The fourth-order valence-corrected chi connectivity index (χ4v) is 3.13. The Hall–Kier alpha value is -3.44. The summed E-state index contributed by atoms with van der Waals surface area (Å²) in [6.07, 6.45) is 0.220. The number of carboxylic acid groups (broad SMARTS) is 1. The van der Waals surface area contributed by atoms with Gasteiger partial charge in [-0.3, -0.25) is 4.79 Å². The van der Waals surface area contributed by atoms with E-state index in [4.69, 9.17) is 14.9 Å². The lowest BCUT2D eigenvalue weighted by molar-refractivity contribution is -0.192. The van der Waals surface area contributed by atoms with Gasteiger partial charge in [-0.2, -0.15) is 13.2 Å². The van der Waals surface area contributed by atoms with Gasteiger partial charge in [0.2, 0.25) is 5.95 Å². The van der Waals surface area contributed by atoms with Gasteiger partial charge in [0.25, 0.3) is 5.91 Å². The predicted molar refractivity (Wildman–Crippen MR) is 121 cm³/mol. The Morgan fingerprint density at radius 1 is 1.18 bits per heavy atom. The van der Waals surface area contributed by atoms with E-state index in [1.54, 1.807) is 7.05 Å². The molecule has 1 aliphatic rings. The maximum Gasteiger partial charge on any atom is 0.490 e. The van der Waals surface area contributed by atoms with Crippen LogP contribution >= 0.6 is 0 Å². The number of halogens is 3. The van der Waals surface area contributed by atoms with Gasteiger partial charge in [0.15, 0.2) is 0 Å². The van der Waals surface area contributed by atoms with Crippen LogP contribution in [-0.2, 0) is 17.6 Å². The van der Waals surface area contributed by atoms with Gasteiger partial charge in [-0.1, -0.05) is 13.8 Å². The van der Waals surface area contributed by atoms with Crippen molar-refractivity contribution >= 4 is 23.6 Å². The first-order chi connectivity index (χ1) is 15.9. The molecule has 0 spiro atoms. The molecule has 2 aromatic rings. The molecule has 0 unspecified atom stereocenters. The molecule has 186 valence electrons. The third kappa shape index (κ3) is 7.56. The molecular formula is C22H29F3N6O3.